The van der Waals surface area contributed by atoms with Crippen molar-refractivity contribution >= 4 is 0 Å². The smallest absolute Gasteiger partial charge is 0.100 e. The molecule has 5 atom stereocenters. The Bertz CT molecular complexity index is 481. The number of fused-ring (bicyclic) bond motifs is 1. The quantitative estimate of drug-likeness (QED) is 0.675. The van der Waals surface area contributed by atoms with Crippen LogP contribution in [0.25, 0.3) is 0 Å². The Hall–Kier alpha value is -0.680. The maximum Gasteiger partial charge on any atom is 0.100 e. The summed E-state index contributed by atoms with van der Waals surface area (Å²) >= 11 is 0. The Labute approximate surface area is 146 Å². The summed E-state index contributed by atoms with van der Waals surface area (Å²) in [7, 11) is 0. The van der Waals surface area contributed by atoms with Crippen molar-refractivity contribution in [3.8, 4) is 0 Å². The number of hydrogen-bond donors (Lipinski definition) is 3. The molecule has 24 heavy (non-hydrogen) atoms. The predicted molar refractivity (Wildman–Crippen MR) is 97.8 cm³/mol. The molecular weight excluding hydrogens is 302 g/mol. The minimum absolute atomic E-state index is 0.307. The minimum Gasteiger partial charge on any atom is -0.390 e. The van der Waals surface area contributed by atoms with Gasteiger partial charge in [-0.2, -0.15) is 0 Å². The molecular formula is C20H35NO3. The van der Waals surface area contributed by atoms with Crippen LogP contribution in [0.1, 0.15) is 59.8 Å². The van der Waals surface area contributed by atoms with Gasteiger partial charge >= 0.3 is 0 Å². The van der Waals surface area contributed by atoms with E-state index in [9.17, 15) is 15.3 Å². The van der Waals surface area contributed by atoms with Crippen LogP contribution in [0, 0.1) is 5.92 Å². The fourth-order valence-electron chi connectivity index (χ4n) is 4.23. The zero-order chi connectivity index (χ0) is 17.9. The number of piperidine rings is 2. The molecule has 0 aromatic carbocycles. The molecule has 2 aliphatic heterocycles. The molecule has 138 valence electrons. The van der Waals surface area contributed by atoms with Crippen molar-refractivity contribution in [2.45, 2.75) is 83.6 Å². The Morgan fingerprint density at radius 3 is 2.71 bits per heavy atom. The van der Waals surface area contributed by atoms with Crippen molar-refractivity contribution in [3.05, 3.63) is 23.3 Å². The molecule has 0 amide bonds. The van der Waals surface area contributed by atoms with Crippen LogP contribution in [-0.4, -0.2) is 57.2 Å². The van der Waals surface area contributed by atoms with E-state index in [0.29, 0.717) is 12.0 Å². The Balaban J connectivity index is 1.98. The summed E-state index contributed by atoms with van der Waals surface area (Å²) in [5.74, 6) is 0.355. The maximum absolute atomic E-state index is 10.8. The van der Waals surface area contributed by atoms with Crippen molar-refractivity contribution in [3.63, 3.8) is 0 Å². The lowest BCUT2D eigenvalue weighted by atomic mass is 9.78. The molecule has 0 saturated carbocycles. The summed E-state index contributed by atoms with van der Waals surface area (Å²) in [4.78, 5) is 2.45. The third-order valence-electron chi connectivity index (χ3n) is 5.58. The molecule has 4 nitrogen and oxygen atoms in total. The molecule has 0 spiro atoms. The highest BCUT2D eigenvalue weighted by molar-refractivity contribution is 5.18. The Morgan fingerprint density at radius 2 is 2.04 bits per heavy atom. The third-order valence-corrected chi connectivity index (χ3v) is 5.58. The summed E-state index contributed by atoms with van der Waals surface area (Å²) in [6.45, 7) is 9.68. The van der Waals surface area contributed by atoms with E-state index in [2.05, 4.69) is 17.9 Å². The van der Waals surface area contributed by atoms with E-state index >= 15 is 0 Å². The van der Waals surface area contributed by atoms with E-state index in [1.54, 1.807) is 6.92 Å². The number of aliphatic hydroxyl groups is 3. The summed E-state index contributed by atoms with van der Waals surface area (Å²) in [5, 5.41) is 30.2. The first-order chi connectivity index (χ1) is 11.2. The van der Waals surface area contributed by atoms with Crippen LogP contribution in [0.3, 0.4) is 0 Å². The van der Waals surface area contributed by atoms with Crippen molar-refractivity contribution in [1.29, 1.82) is 0 Å². The van der Waals surface area contributed by atoms with E-state index in [1.165, 1.54) is 18.4 Å². The maximum atomic E-state index is 10.8. The van der Waals surface area contributed by atoms with Crippen LogP contribution in [0.2, 0.25) is 0 Å². The van der Waals surface area contributed by atoms with E-state index in [-0.39, 0.29) is 0 Å². The van der Waals surface area contributed by atoms with Crippen LogP contribution >= 0.6 is 0 Å². The highest BCUT2D eigenvalue weighted by Gasteiger charge is 2.42. The van der Waals surface area contributed by atoms with Gasteiger partial charge in [0.25, 0.3) is 0 Å². The highest BCUT2D eigenvalue weighted by atomic mass is 16.3. The van der Waals surface area contributed by atoms with Gasteiger partial charge in [-0.3, -0.25) is 4.90 Å². The fourth-order valence-corrected chi connectivity index (χ4v) is 4.23. The first kappa shape index (κ1) is 19.6. The molecule has 3 N–H and O–H groups in total. The highest BCUT2D eigenvalue weighted by Crippen LogP contribution is 2.36. The number of allylic oxidation sites excluding steroid dienone is 2. The number of aliphatic hydroxyl groups excluding tert-OH is 2. The molecule has 0 aromatic heterocycles. The lowest BCUT2D eigenvalue weighted by molar-refractivity contribution is -0.0641. The Kier molecular flexibility index (Phi) is 6.66. The minimum atomic E-state index is -0.783. The van der Waals surface area contributed by atoms with Gasteiger partial charge in [0.15, 0.2) is 0 Å². The van der Waals surface area contributed by atoms with Crippen molar-refractivity contribution in [2.75, 3.05) is 13.1 Å². The number of nitrogens with zero attached hydrogens (tertiary/aromatic N) is 1. The molecule has 0 aromatic rings. The molecule has 0 bridgehead atoms. The molecule has 2 heterocycles. The SMILES string of the molecule is C/C(=C\CC(C)/C=C1\CN2CCCCC2C(C)(O)C1)C(O)C(C)O. The van der Waals surface area contributed by atoms with Crippen LogP contribution in [0.15, 0.2) is 23.3 Å². The monoisotopic (exact) mass is 337 g/mol. The zero-order valence-corrected chi connectivity index (χ0v) is 15.7. The molecule has 5 unspecified atom stereocenters. The summed E-state index contributed by atoms with van der Waals surface area (Å²) in [6, 6.07) is 0.307. The van der Waals surface area contributed by atoms with Crippen molar-refractivity contribution < 1.29 is 15.3 Å². The van der Waals surface area contributed by atoms with Crippen LogP contribution in [0.5, 0.6) is 0 Å². The van der Waals surface area contributed by atoms with E-state index in [4.69, 9.17) is 0 Å². The van der Waals surface area contributed by atoms with Crippen LogP contribution < -0.4 is 0 Å². The first-order valence-electron chi connectivity index (χ1n) is 9.39. The molecule has 2 aliphatic rings. The fraction of sp³-hybridized carbons (Fsp3) is 0.800. The second-order valence-electron chi connectivity index (χ2n) is 8.19. The summed E-state index contributed by atoms with van der Waals surface area (Å²) in [5.41, 5.74) is 1.52. The molecule has 4 heteroatoms. The molecule has 0 aliphatic carbocycles. The van der Waals surface area contributed by atoms with E-state index in [0.717, 1.165) is 37.9 Å². The van der Waals surface area contributed by atoms with Crippen LogP contribution in [-0.2, 0) is 0 Å². The van der Waals surface area contributed by atoms with Gasteiger partial charge in [0.2, 0.25) is 0 Å². The van der Waals surface area contributed by atoms with Crippen molar-refractivity contribution in [1.82, 2.24) is 4.90 Å². The molecule has 2 saturated heterocycles. The topological polar surface area (TPSA) is 63.9 Å². The number of hydrogen-bond acceptors (Lipinski definition) is 4. The lowest BCUT2D eigenvalue weighted by Gasteiger charge is -2.49. The van der Waals surface area contributed by atoms with Gasteiger partial charge in [-0.1, -0.05) is 31.1 Å². The Morgan fingerprint density at radius 1 is 1.33 bits per heavy atom. The second kappa shape index (κ2) is 8.13. The first-order valence-corrected chi connectivity index (χ1v) is 9.39. The largest absolute Gasteiger partial charge is 0.390 e. The van der Waals surface area contributed by atoms with Gasteiger partial charge in [-0.25, -0.2) is 0 Å². The van der Waals surface area contributed by atoms with Gasteiger partial charge < -0.3 is 15.3 Å². The third kappa shape index (κ3) is 4.92. The van der Waals surface area contributed by atoms with E-state index < -0.39 is 17.8 Å². The van der Waals surface area contributed by atoms with Crippen LogP contribution in [0.4, 0.5) is 0 Å². The second-order valence-corrected chi connectivity index (χ2v) is 8.19. The van der Waals surface area contributed by atoms with Gasteiger partial charge in [-0.15, -0.1) is 0 Å². The van der Waals surface area contributed by atoms with Crippen molar-refractivity contribution in [2.24, 2.45) is 5.92 Å². The van der Waals surface area contributed by atoms with E-state index in [1.807, 2.05) is 19.9 Å². The molecule has 2 rings (SSSR count). The van der Waals surface area contributed by atoms with Gasteiger partial charge in [0, 0.05) is 12.6 Å². The number of rotatable bonds is 5. The van der Waals surface area contributed by atoms with Gasteiger partial charge in [0.05, 0.1) is 11.7 Å². The summed E-state index contributed by atoms with van der Waals surface area (Å²) < 4.78 is 0. The normalized spacial score (nSPS) is 34.7. The molecule has 0 radical (unpaired) electrons. The van der Waals surface area contributed by atoms with Gasteiger partial charge in [0.1, 0.15) is 6.10 Å². The average molecular weight is 338 g/mol. The summed E-state index contributed by atoms with van der Waals surface area (Å²) in [6.07, 6.45) is 7.95. The zero-order valence-electron chi connectivity index (χ0n) is 15.7. The predicted octanol–water partition coefficient (Wildman–Crippen LogP) is 2.64. The standard InChI is InChI=1S/C20H35NO3/c1-14(8-9-15(2)19(23)16(3)22)11-17-12-20(4,24)18-7-5-6-10-21(18)13-17/h9,11,14,16,18-19,22-24H,5-8,10,12-13H2,1-4H3/b15-9+,17-11-. The molecule has 2 fully saturated rings. The lowest BCUT2D eigenvalue weighted by Crippen LogP contribution is -2.57. The van der Waals surface area contributed by atoms with Gasteiger partial charge in [-0.05, 0) is 64.5 Å². The average Bonchev–Trinajstić information content (AvgIpc) is 2.51.